The summed E-state index contributed by atoms with van der Waals surface area (Å²) in [5.74, 6) is 0.690. The van der Waals surface area contributed by atoms with Gasteiger partial charge in [-0.15, -0.1) is 0 Å². The lowest BCUT2D eigenvalue weighted by Gasteiger charge is -2.38. The first-order chi connectivity index (χ1) is 14.8. The van der Waals surface area contributed by atoms with E-state index in [1.165, 1.54) is 38.6 Å². The lowest BCUT2D eigenvalue weighted by Crippen LogP contribution is -2.47. The molecule has 7 heteroatoms. The van der Waals surface area contributed by atoms with Crippen molar-refractivity contribution in [1.82, 2.24) is 9.96 Å². The molecule has 31 heavy (non-hydrogen) atoms. The predicted octanol–water partition coefficient (Wildman–Crippen LogP) is 3.47. The molecule has 1 N–H and O–H groups in total. The Morgan fingerprint density at radius 3 is 2.29 bits per heavy atom. The van der Waals surface area contributed by atoms with Crippen LogP contribution in [-0.4, -0.2) is 81.0 Å². The van der Waals surface area contributed by atoms with Crippen LogP contribution >= 0.6 is 0 Å². The van der Waals surface area contributed by atoms with Gasteiger partial charge >= 0.3 is 0 Å². The molecule has 0 unspecified atom stereocenters. The maximum Gasteiger partial charge on any atom is 0.250 e. The van der Waals surface area contributed by atoms with E-state index in [-0.39, 0.29) is 19.5 Å². The van der Waals surface area contributed by atoms with Crippen LogP contribution in [0.3, 0.4) is 0 Å². The van der Waals surface area contributed by atoms with Gasteiger partial charge in [0.2, 0.25) is 5.91 Å². The summed E-state index contributed by atoms with van der Waals surface area (Å²) in [5, 5.41) is 5.00. The van der Waals surface area contributed by atoms with Crippen LogP contribution in [0.2, 0.25) is 0 Å². The van der Waals surface area contributed by atoms with Crippen molar-refractivity contribution < 1.29 is 15.8 Å². The van der Waals surface area contributed by atoms with E-state index in [1.54, 1.807) is 0 Å². The molecule has 7 nitrogen and oxygen atoms in total. The van der Waals surface area contributed by atoms with Gasteiger partial charge < -0.3 is 15.0 Å². The minimum Gasteiger partial charge on any atom is -0.375 e. The maximum atomic E-state index is 11.6. The Hall–Kier alpha value is -1.67. The molecule has 2 saturated heterocycles. The van der Waals surface area contributed by atoms with E-state index in [2.05, 4.69) is 53.1 Å². The third-order valence-corrected chi connectivity index (χ3v) is 5.99. The standard InChI is InChI=1S/C24H40N4O3.H2/c1-24(2,3)31-28-13-10-20(11-14-28)9-12-26-15-17-27(18-16-26)22-7-5-21(6-8-22)25-23(29)19-30-4;/h5-8,20H,9-19H2,1-4H3,(H,25,29);1H. The maximum absolute atomic E-state index is 11.6. The number of amides is 1. The molecule has 1 aromatic carbocycles. The van der Waals surface area contributed by atoms with Gasteiger partial charge in [0.1, 0.15) is 6.61 Å². The number of piperidine rings is 1. The zero-order chi connectivity index (χ0) is 22.3. The fraction of sp³-hybridized carbons (Fsp3) is 0.708. The first-order valence-corrected chi connectivity index (χ1v) is 11.6. The first kappa shape index (κ1) is 24.0. The number of benzene rings is 1. The molecular weight excluding hydrogens is 392 g/mol. The van der Waals surface area contributed by atoms with Gasteiger partial charge in [0, 0.05) is 59.2 Å². The number of hydrogen-bond acceptors (Lipinski definition) is 6. The van der Waals surface area contributed by atoms with Crippen LogP contribution in [0.5, 0.6) is 0 Å². The van der Waals surface area contributed by atoms with Crippen molar-refractivity contribution in [3.63, 3.8) is 0 Å². The van der Waals surface area contributed by atoms with Crippen LogP contribution in [0.15, 0.2) is 24.3 Å². The molecule has 0 radical (unpaired) electrons. The highest BCUT2D eigenvalue weighted by molar-refractivity contribution is 5.91. The van der Waals surface area contributed by atoms with Crippen molar-refractivity contribution in [2.75, 3.05) is 69.7 Å². The monoisotopic (exact) mass is 434 g/mol. The number of piperazine rings is 1. The number of nitrogens with one attached hydrogen (secondary N) is 1. The third kappa shape index (κ3) is 8.07. The second-order valence-corrected chi connectivity index (χ2v) is 9.72. The number of rotatable bonds is 8. The van der Waals surface area contributed by atoms with Crippen LogP contribution in [0.1, 0.15) is 41.5 Å². The molecule has 0 aliphatic carbocycles. The summed E-state index contributed by atoms with van der Waals surface area (Å²) in [7, 11) is 1.52. The van der Waals surface area contributed by atoms with Crippen LogP contribution in [0, 0.1) is 5.92 Å². The van der Waals surface area contributed by atoms with E-state index >= 15 is 0 Å². The van der Waals surface area contributed by atoms with Crippen molar-refractivity contribution in [3.8, 4) is 0 Å². The zero-order valence-corrected chi connectivity index (χ0v) is 19.7. The summed E-state index contributed by atoms with van der Waals surface area (Å²) < 4.78 is 4.85. The Morgan fingerprint density at radius 2 is 1.71 bits per heavy atom. The van der Waals surface area contributed by atoms with E-state index in [1.807, 2.05) is 12.1 Å². The number of hydrogen-bond donors (Lipinski definition) is 1. The molecule has 0 saturated carbocycles. The third-order valence-electron chi connectivity index (χ3n) is 5.99. The van der Waals surface area contributed by atoms with Gasteiger partial charge in [0.15, 0.2) is 0 Å². The number of ether oxygens (including phenoxy) is 1. The van der Waals surface area contributed by atoms with Gasteiger partial charge in [-0.3, -0.25) is 14.5 Å². The van der Waals surface area contributed by atoms with E-state index < -0.39 is 0 Å². The highest BCUT2D eigenvalue weighted by Gasteiger charge is 2.25. The van der Waals surface area contributed by atoms with Crippen LogP contribution in [-0.2, 0) is 14.4 Å². The zero-order valence-electron chi connectivity index (χ0n) is 19.7. The Kier molecular flexibility index (Phi) is 8.72. The fourth-order valence-electron chi connectivity index (χ4n) is 4.36. The largest absolute Gasteiger partial charge is 0.375 e. The van der Waals surface area contributed by atoms with Crippen molar-refractivity contribution in [1.29, 1.82) is 0 Å². The van der Waals surface area contributed by atoms with Crippen LogP contribution in [0.4, 0.5) is 11.4 Å². The second kappa shape index (κ2) is 11.3. The summed E-state index contributed by atoms with van der Waals surface area (Å²) in [6.07, 6.45) is 3.77. The Morgan fingerprint density at radius 1 is 1.06 bits per heavy atom. The van der Waals surface area contributed by atoms with E-state index in [0.717, 1.165) is 50.9 Å². The SMILES string of the molecule is COCC(=O)Nc1ccc(N2CCN(CCC3CCN(OC(C)(C)C)CC3)CC2)cc1.[HH]. The average molecular weight is 435 g/mol. The van der Waals surface area contributed by atoms with Crippen molar-refractivity contribution in [2.24, 2.45) is 5.92 Å². The Labute approximate surface area is 189 Å². The van der Waals surface area contributed by atoms with Crippen LogP contribution < -0.4 is 10.2 Å². The summed E-state index contributed by atoms with van der Waals surface area (Å²) in [6.45, 7) is 14.1. The molecule has 176 valence electrons. The topological polar surface area (TPSA) is 57.3 Å². The molecule has 2 aliphatic heterocycles. The van der Waals surface area contributed by atoms with Crippen LogP contribution in [0.25, 0.3) is 0 Å². The molecule has 3 rings (SSSR count). The second-order valence-electron chi connectivity index (χ2n) is 9.72. The average Bonchev–Trinajstić information content (AvgIpc) is 2.73. The van der Waals surface area contributed by atoms with Gasteiger partial charge in [-0.1, -0.05) is 0 Å². The molecule has 1 amide bonds. The highest BCUT2D eigenvalue weighted by atomic mass is 16.7. The van der Waals surface area contributed by atoms with Gasteiger partial charge in [-0.25, -0.2) is 0 Å². The molecule has 1 aromatic rings. The summed E-state index contributed by atoms with van der Waals surface area (Å²) in [6, 6.07) is 8.10. The lowest BCUT2D eigenvalue weighted by atomic mass is 9.94. The number of carbonyl (C=O) groups excluding carboxylic acids is 1. The number of carbonyl (C=O) groups is 1. The molecule has 2 fully saturated rings. The van der Waals surface area contributed by atoms with Crippen molar-refractivity contribution in [2.45, 2.75) is 45.6 Å². The van der Waals surface area contributed by atoms with Gasteiger partial charge in [-0.2, -0.15) is 5.06 Å². The van der Waals surface area contributed by atoms with E-state index in [9.17, 15) is 4.79 Å². The predicted molar refractivity (Wildman–Crippen MR) is 127 cm³/mol. The summed E-state index contributed by atoms with van der Waals surface area (Å²) in [5.41, 5.74) is 1.93. The van der Waals surface area contributed by atoms with Crippen molar-refractivity contribution in [3.05, 3.63) is 24.3 Å². The van der Waals surface area contributed by atoms with Gasteiger partial charge in [0.05, 0.1) is 5.60 Å². The lowest BCUT2D eigenvalue weighted by molar-refractivity contribution is -0.238. The molecule has 0 aromatic heterocycles. The van der Waals surface area contributed by atoms with E-state index in [4.69, 9.17) is 9.57 Å². The number of methoxy groups -OCH3 is 1. The highest BCUT2D eigenvalue weighted by Crippen LogP contribution is 2.24. The summed E-state index contributed by atoms with van der Waals surface area (Å²) in [4.78, 5) is 22.7. The Bertz CT molecular complexity index is 679. The van der Waals surface area contributed by atoms with E-state index in [0.29, 0.717) is 0 Å². The molecule has 0 spiro atoms. The van der Waals surface area contributed by atoms with Gasteiger partial charge in [-0.05, 0) is 76.8 Å². The summed E-state index contributed by atoms with van der Waals surface area (Å²) >= 11 is 0. The fourth-order valence-corrected chi connectivity index (χ4v) is 4.36. The molecule has 0 bridgehead atoms. The quantitative estimate of drug-likeness (QED) is 0.676. The number of anilines is 2. The molecule has 2 aliphatic rings. The first-order valence-electron chi connectivity index (χ1n) is 11.6. The molecule has 0 atom stereocenters. The smallest absolute Gasteiger partial charge is 0.250 e. The van der Waals surface area contributed by atoms with Crippen molar-refractivity contribution >= 4 is 17.3 Å². The molecular formula is C24H42N4O3. The number of nitrogens with zero attached hydrogens (tertiary/aromatic N) is 3. The minimum absolute atomic E-state index is 0. The molecule has 2 heterocycles. The Balaban J connectivity index is 0.00000363. The van der Waals surface area contributed by atoms with Gasteiger partial charge in [0.25, 0.3) is 0 Å². The normalized spacial score (nSPS) is 19.5. The number of hydroxylamine groups is 2. The minimum atomic E-state index is -0.128.